The summed E-state index contributed by atoms with van der Waals surface area (Å²) >= 11 is 0. The highest BCUT2D eigenvalue weighted by Crippen LogP contribution is 2.14. The maximum Gasteiger partial charge on any atom is 0.129 e. The van der Waals surface area contributed by atoms with Gasteiger partial charge in [0.25, 0.3) is 0 Å². The van der Waals surface area contributed by atoms with E-state index in [1.807, 2.05) is 43.3 Å². The van der Waals surface area contributed by atoms with Crippen molar-refractivity contribution in [1.82, 2.24) is 5.32 Å². The monoisotopic (exact) mass is 254 g/mol. The Morgan fingerprint density at radius 3 is 2.58 bits per heavy atom. The number of nitrogens with zero attached hydrogens (tertiary/aromatic N) is 1. The molecule has 1 N–H and O–H groups in total. The Bertz CT molecular complexity index is 587. The van der Waals surface area contributed by atoms with E-state index in [0.29, 0.717) is 17.7 Å². The van der Waals surface area contributed by atoms with Crippen molar-refractivity contribution in [2.45, 2.75) is 19.5 Å². The molecule has 2 aromatic rings. The molecule has 0 bridgehead atoms. The van der Waals surface area contributed by atoms with Gasteiger partial charge in [0.1, 0.15) is 5.82 Å². The average Bonchev–Trinajstić information content (AvgIpc) is 2.46. The summed E-state index contributed by atoms with van der Waals surface area (Å²) in [7, 11) is 0. The molecule has 0 aliphatic heterocycles. The highest BCUT2D eigenvalue weighted by molar-refractivity contribution is 5.33. The van der Waals surface area contributed by atoms with Gasteiger partial charge in [0.05, 0.1) is 11.6 Å². The molecule has 0 unspecified atom stereocenters. The van der Waals surface area contributed by atoms with Crippen molar-refractivity contribution >= 4 is 0 Å². The highest BCUT2D eigenvalue weighted by Gasteiger charge is 2.07. The summed E-state index contributed by atoms with van der Waals surface area (Å²) in [5.74, 6) is -0.341. The van der Waals surface area contributed by atoms with Gasteiger partial charge in [-0.25, -0.2) is 4.39 Å². The van der Waals surface area contributed by atoms with Crippen molar-refractivity contribution in [2.75, 3.05) is 0 Å². The molecule has 0 aliphatic rings. The van der Waals surface area contributed by atoms with E-state index in [9.17, 15) is 4.39 Å². The zero-order valence-electron chi connectivity index (χ0n) is 10.7. The summed E-state index contributed by atoms with van der Waals surface area (Å²) in [6.07, 6.45) is 0. The predicted octanol–water partition coefficient (Wildman–Crippen LogP) is 3.55. The van der Waals surface area contributed by atoms with Crippen LogP contribution < -0.4 is 5.32 Å². The first-order valence-corrected chi connectivity index (χ1v) is 6.17. The molecular formula is C16H15FN2. The summed E-state index contributed by atoms with van der Waals surface area (Å²) in [6.45, 7) is 2.48. The number of halogens is 1. The van der Waals surface area contributed by atoms with Gasteiger partial charge in [0.15, 0.2) is 0 Å². The molecule has 0 aliphatic carbocycles. The fourth-order valence-corrected chi connectivity index (χ4v) is 1.88. The quantitative estimate of drug-likeness (QED) is 0.905. The van der Waals surface area contributed by atoms with Gasteiger partial charge in [-0.2, -0.15) is 5.26 Å². The van der Waals surface area contributed by atoms with Gasteiger partial charge in [-0.15, -0.1) is 0 Å². The van der Waals surface area contributed by atoms with Crippen LogP contribution in [0, 0.1) is 17.1 Å². The third kappa shape index (κ3) is 3.40. The minimum Gasteiger partial charge on any atom is -0.306 e. The Morgan fingerprint density at radius 2 is 1.95 bits per heavy atom. The van der Waals surface area contributed by atoms with Gasteiger partial charge in [-0.1, -0.05) is 36.4 Å². The van der Waals surface area contributed by atoms with Crippen LogP contribution in [-0.4, -0.2) is 0 Å². The minimum atomic E-state index is -0.341. The van der Waals surface area contributed by atoms with E-state index >= 15 is 0 Å². The summed E-state index contributed by atoms with van der Waals surface area (Å²) in [4.78, 5) is 0. The van der Waals surface area contributed by atoms with Crippen LogP contribution in [0.5, 0.6) is 0 Å². The van der Waals surface area contributed by atoms with Crippen molar-refractivity contribution in [3.05, 3.63) is 71.0 Å². The lowest BCUT2D eigenvalue weighted by molar-refractivity contribution is 0.544. The lowest BCUT2D eigenvalue weighted by Crippen LogP contribution is -2.18. The molecule has 0 saturated heterocycles. The van der Waals surface area contributed by atoms with Crippen LogP contribution in [0.3, 0.4) is 0 Å². The van der Waals surface area contributed by atoms with Gasteiger partial charge in [0.2, 0.25) is 0 Å². The topological polar surface area (TPSA) is 35.8 Å². The van der Waals surface area contributed by atoms with Crippen molar-refractivity contribution in [3.63, 3.8) is 0 Å². The summed E-state index contributed by atoms with van der Waals surface area (Å²) in [5, 5.41) is 12.0. The first-order chi connectivity index (χ1) is 9.20. The Balaban J connectivity index is 2.01. The average molecular weight is 254 g/mol. The highest BCUT2D eigenvalue weighted by atomic mass is 19.1. The van der Waals surface area contributed by atoms with E-state index in [4.69, 9.17) is 5.26 Å². The van der Waals surface area contributed by atoms with E-state index < -0.39 is 0 Å². The minimum absolute atomic E-state index is 0.149. The maximum atomic E-state index is 13.7. The van der Waals surface area contributed by atoms with E-state index in [1.165, 1.54) is 6.07 Å². The fourth-order valence-electron chi connectivity index (χ4n) is 1.88. The van der Waals surface area contributed by atoms with Crippen molar-refractivity contribution in [1.29, 1.82) is 5.26 Å². The molecule has 0 fully saturated rings. The standard InChI is InChI=1S/C16H15FN2/c1-12(14-5-3-2-4-6-14)19-11-15-8-7-13(10-18)9-16(15)17/h2-9,12,19H,11H2,1H3/t12-/m0/s1. The Hall–Kier alpha value is -2.18. The van der Waals surface area contributed by atoms with Crippen molar-refractivity contribution < 1.29 is 4.39 Å². The van der Waals surface area contributed by atoms with Gasteiger partial charge in [-0.05, 0) is 24.6 Å². The van der Waals surface area contributed by atoms with Crippen LogP contribution in [0.4, 0.5) is 4.39 Å². The Labute approximate surface area is 112 Å². The Morgan fingerprint density at radius 1 is 1.21 bits per heavy atom. The third-order valence-corrected chi connectivity index (χ3v) is 3.08. The molecule has 2 rings (SSSR count). The molecule has 2 aromatic carbocycles. The lowest BCUT2D eigenvalue weighted by atomic mass is 10.1. The zero-order chi connectivity index (χ0) is 13.7. The van der Waals surface area contributed by atoms with E-state index in [0.717, 1.165) is 5.56 Å². The number of hydrogen-bond donors (Lipinski definition) is 1. The normalized spacial score (nSPS) is 11.8. The number of nitrogens with one attached hydrogen (secondary N) is 1. The molecular weight excluding hydrogens is 239 g/mol. The molecule has 96 valence electrons. The van der Waals surface area contributed by atoms with Gasteiger partial charge in [0, 0.05) is 18.2 Å². The summed E-state index contributed by atoms with van der Waals surface area (Å²) in [6, 6.07) is 16.6. The van der Waals surface area contributed by atoms with Crippen LogP contribution in [0.15, 0.2) is 48.5 Å². The third-order valence-electron chi connectivity index (χ3n) is 3.08. The Kier molecular flexibility index (Phi) is 4.27. The first-order valence-electron chi connectivity index (χ1n) is 6.17. The molecule has 0 saturated carbocycles. The van der Waals surface area contributed by atoms with E-state index in [2.05, 4.69) is 5.32 Å². The maximum absolute atomic E-state index is 13.7. The van der Waals surface area contributed by atoms with Crippen molar-refractivity contribution in [2.24, 2.45) is 0 Å². The lowest BCUT2D eigenvalue weighted by Gasteiger charge is -2.14. The van der Waals surface area contributed by atoms with E-state index in [1.54, 1.807) is 12.1 Å². The molecule has 0 aromatic heterocycles. The fraction of sp³-hybridized carbons (Fsp3) is 0.188. The van der Waals surface area contributed by atoms with Crippen LogP contribution in [0.25, 0.3) is 0 Å². The van der Waals surface area contributed by atoms with Crippen LogP contribution >= 0.6 is 0 Å². The zero-order valence-corrected chi connectivity index (χ0v) is 10.7. The number of benzene rings is 2. The van der Waals surface area contributed by atoms with Crippen LogP contribution in [-0.2, 0) is 6.54 Å². The molecule has 0 amide bonds. The molecule has 19 heavy (non-hydrogen) atoms. The molecule has 0 radical (unpaired) electrons. The number of hydrogen-bond acceptors (Lipinski definition) is 2. The number of nitriles is 1. The molecule has 0 heterocycles. The van der Waals surface area contributed by atoms with Gasteiger partial charge >= 0.3 is 0 Å². The molecule has 3 heteroatoms. The smallest absolute Gasteiger partial charge is 0.129 e. The SMILES string of the molecule is C[C@H](NCc1ccc(C#N)cc1F)c1ccccc1. The van der Waals surface area contributed by atoms with Crippen LogP contribution in [0.2, 0.25) is 0 Å². The molecule has 2 nitrogen and oxygen atoms in total. The summed E-state index contributed by atoms with van der Waals surface area (Å²) < 4.78 is 13.7. The molecule has 1 atom stereocenters. The molecule has 0 spiro atoms. The second kappa shape index (κ2) is 6.12. The van der Waals surface area contributed by atoms with E-state index in [-0.39, 0.29) is 11.9 Å². The predicted molar refractivity (Wildman–Crippen MR) is 72.8 cm³/mol. The van der Waals surface area contributed by atoms with Crippen LogP contribution in [0.1, 0.15) is 29.7 Å². The largest absolute Gasteiger partial charge is 0.306 e. The van der Waals surface area contributed by atoms with Crippen molar-refractivity contribution in [3.8, 4) is 6.07 Å². The second-order valence-electron chi connectivity index (χ2n) is 4.43. The first kappa shape index (κ1) is 13.3. The second-order valence-corrected chi connectivity index (χ2v) is 4.43. The van der Waals surface area contributed by atoms with Gasteiger partial charge < -0.3 is 5.32 Å². The van der Waals surface area contributed by atoms with Gasteiger partial charge in [-0.3, -0.25) is 0 Å². The number of rotatable bonds is 4. The summed E-state index contributed by atoms with van der Waals surface area (Å²) in [5.41, 5.74) is 2.08.